The summed E-state index contributed by atoms with van der Waals surface area (Å²) < 4.78 is 24.6. The quantitative estimate of drug-likeness (QED) is 0.323. The van der Waals surface area contributed by atoms with Gasteiger partial charge in [-0.2, -0.15) is 0 Å². The molecule has 33 heavy (non-hydrogen) atoms. The van der Waals surface area contributed by atoms with Crippen molar-refractivity contribution in [1.29, 1.82) is 0 Å². The fourth-order valence-electron chi connectivity index (χ4n) is 3.21. The first kappa shape index (κ1) is 22.7. The number of amides is 1. The lowest BCUT2D eigenvalue weighted by molar-refractivity contribution is -0.113. The number of nitrogens with one attached hydrogen (secondary N) is 1. The van der Waals surface area contributed by atoms with Gasteiger partial charge in [0.2, 0.25) is 15.9 Å². The first-order valence-corrected chi connectivity index (χ1v) is 12.4. The van der Waals surface area contributed by atoms with Gasteiger partial charge in [-0.15, -0.1) is 0 Å². The van der Waals surface area contributed by atoms with Crippen molar-refractivity contribution >= 4 is 44.3 Å². The van der Waals surface area contributed by atoms with E-state index in [1.807, 2.05) is 31.2 Å². The molecule has 0 aliphatic carbocycles. The van der Waals surface area contributed by atoms with Crippen LogP contribution >= 0.6 is 11.8 Å². The SMILES string of the molecule is Cc1ccc(-n2c(SCC(=O)Nc3cccc(S(N)(=O)=O)c3)nc3ccccc3c2=O)cc1. The maximum Gasteiger partial charge on any atom is 0.266 e. The third-order valence-electron chi connectivity index (χ3n) is 4.82. The summed E-state index contributed by atoms with van der Waals surface area (Å²) in [4.78, 5) is 30.3. The number of nitrogens with two attached hydrogens (primary N) is 1. The minimum atomic E-state index is -3.89. The first-order valence-electron chi connectivity index (χ1n) is 9.87. The number of thioether (sulfide) groups is 1. The van der Waals surface area contributed by atoms with Gasteiger partial charge in [0.1, 0.15) is 0 Å². The van der Waals surface area contributed by atoms with E-state index < -0.39 is 10.0 Å². The number of hydrogen-bond acceptors (Lipinski definition) is 6. The standard InChI is InChI=1S/C23H20N4O4S2/c1-15-9-11-17(12-10-15)27-22(29)19-7-2-3-8-20(19)26-23(27)32-14-21(28)25-16-5-4-6-18(13-16)33(24,30)31/h2-13H,14H2,1H3,(H,25,28)(H2,24,30,31). The van der Waals surface area contributed by atoms with Gasteiger partial charge < -0.3 is 5.32 Å². The summed E-state index contributed by atoms with van der Waals surface area (Å²) in [6.07, 6.45) is 0. The zero-order valence-corrected chi connectivity index (χ0v) is 19.2. The number of anilines is 1. The summed E-state index contributed by atoms with van der Waals surface area (Å²) in [7, 11) is -3.89. The van der Waals surface area contributed by atoms with Crippen molar-refractivity contribution < 1.29 is 13.2 Å². The molecule has 1 aromatic heterocycles. The van der Waals surface area contributed by atoms with E-state index in [0.29, 0.717) is 27.4 Å². The van der Waals surface area contributed by atoms with Crippen LogP contribution in [0.5, 0.6) is 0 Å². The van der Waals surface area contributed by atoms with Crippen LogP contribution in [0.2, 0.25) is 0 Å². The highest BCUT2D eigenvalue weighted by molar-refractivity contribution is 7.99. The highest BCUT2D eigenvalue weighted by atomic mass is 32.2. The Labute approximate surface area is 194 Å². The number of nitrogens with zero attached hydrogens (tertiary/aromatic N) is 2. The molecule has 10 heteroatoms. The van der Waals surface area contributed by atoms with Crippen molar-refractivity contribution in [3.8, 4) is 5.69 Å². The number of benzene rings is 3. The molecule has 0 bridgehead atoms. The lowest BCUT2D eigenvalue weighted by Gasteiger charge is -2.13. The van der Waals surface area contributed by atoms with Gasteiger partial charge in [0.25, 0.3) is 5.56 Å². The Bertz CT molecular complexity index is 1510. The van der Waals surface area contributed by atoms with Crippen molar-refractivity contribution in [2.75, 3.05) is 11.1 Å². The average molecular weight is 481 g/mol. The van der Waals surface area contributed by atoms with Crippen LogP contribution in [0.3, 0.4) is 0 Å². The van der Waals surface area contributed by atoms with Gasteiger partial charge in [-0.3, -0.25) is 14.2 Å². The molecule has 168 valence electrons. The molecule has 4 rings (SSSR count). The Balaban J connectivity index is 1.63. The van der Waals surface area contributed by atoms with E-state index in [-0.39, 0.29) is 22.1 Å². The van der Waals surface area contributed by atoms with Gasteiger partial charge in [-0.05, 0) is 49.4 Å². The summed E-state index contributed by atoms with van der Waals surface area (Å²) in [5.74, 6) is -0.430. The van der Waals surface area contributed by atoms with Crippen LogP contribution in [0.25, 0.3) is 16.6 Å². The number of primary sulfonamides is 1. The predicted octanol–water partition coefficient (Wildman–Crippen LogP) is 3.07. The topological polar surface area (TPSA) is 124 Å². The monoisotopic (exact) mass is 480 g/mol. The molecule has 0 saturated heterocycles. The van der Waals surface area contributed by atoms with Gasteiger partial charge in [-0.1, -0.05) is 47.7 Å². The van der Waals surface area contributed by atoms with E-state index in [1.165, 1.54) is 22.8 Å². The largest absolute Gasteiger partial charge is 0.325 e. The third-order valence-corrected chi connectivity index (χ3v) is 6.67. The summed E-state index contributed by atoms with van der Waals surface area (Å²) >= 11 is 1.11. The van der Waals surface area contributed by atoms with Crippen molar-refractivity contribution in [2.24, 2.45) is 5.14 Å². The highest BCUT2D eigenvalue weighted by Crippen LogP contribution is 2.22. The van der Waals surface area contributed by atoms with E-state index in [4.69, 9.17) is 5.14 Å². The van der Waals surface area contributed by atoms with Gasteiger partial charge in [0.05, 0.1) is 27.2 Å². The normalized spacial score (nSPS) is 11.5. The molecule has 0 atom stereocenters. The number of carbonyl (C=O) groups is 1. The number of sulfonamides is 1. The highest BCUT2D eigenvalue weighted by Gasteiger charge is 2.15. The number of hydrogen-bond donors (Lipinski definition) is 2. The summed E-state index contributed by atoms with van der Waals surface area (Å²) in [6.45, 7) is 1.95. The second kappa shape index (κ2) is 9.18. The second-order valence-electron chi connectivity index (χ2n) is 7.30. The molecule has 0 unspecified atom stereocenters. The average Bonchev–Trinajstić information content (AvgIpc) is 2.78. The molecule has 8 nitrogen and oxygen atoms in total. The fraction of sp³-hybridized carbons (Fsp3) is 0.0870. The van der Waals surface area contributed by atoms with Crippen LogP contribution in [0.15, 0.2) is 87.6 Å². The van der Waals surface area contributed by atoms with E-state index in [0.717, 1.165) is 17.3 Å². The van der Waals surface area contributed by atoms with Crippen molar-refractivity contribution in [1.82, 2.24) is 9.55 Å². The number of aryl methyl sites for hydroxylation is 1. The number of carbonyl (C=O) groups excluding carboxylic acids is 1. The maximum absolute atomic E-state index is 13.2. The molecule has 0 saturated carbocycles. The number of aromatic nitrogens is 2. The van der Waals surface area contributed by atoms with Crippen molar-refractivity contribution in [3.05, 3.63) is 88.7 Å². The Kier molecular flexibility index (Phi) is 6.32. The van der Waals surface area contributed by atoms with Crippen molar-refractivity contribution in [3.63, 3.8) is 0 Å². The van der Waals surface area contributed by atoms with Gasteiger partial charge >= 0.3 is 0 Å². The fourth-order valence-corrected chi connectivity index (χ4v) is 4.58. The number of para-hydroxylation sites is 1. The zero-order chi connectivity index (χ0) is 23.6. The summed E-state index contributed by atoms with van der Waals surface area (Å²) in [5.41, 5.74) is 2.31. The lowest BCUT2D eigenvalue weighted by Crippen LogP contribution is -2.23. The lowest BCUT2D eigenvalue weighted by atomic mass is 10.2. The summed E-state index contributed by atoms with van der Waals surface area (Å²) in [6, 6.07) is 20.2. The van der Waals surface area contributed by atoms with E-state index >= 15 is 0 Å². The smallest absolute Gasteiger partial charge is 0.266 e. The molecule has 0 aliphatic heterocycles. The molecule has 0 fully saturated rings. The van der Waals surface area contributed by atoms with Crippen LogP contribution in [0.4, 0.5) is 5.69 Å². The third kappa shape index (κ3) is 5.14. The Morgan fingerprint density at radius 2 is 1.79 bits per heavy atom. The van der Waals surface area contributed by atoms with E-state index in [9.17, 15) is 18.0 Å². The molecule has 4 aromatic rings. The van der Waals surface area contributed by atoms with Gasteiger partial charge in [0, 0.05) is 5.69 Å². The zero-order valence-electron chi connectivity index (χ0n) is 17.6. The van der Waals surface area contributed by atoms with Crippen LogP contribution in [0, 0.1) is 6.92 Å². The summed E-state index contributed by atoms with van der Waals surface area (Å²) in [5, 5.41) is 8.64. The first-order chi connectivity index (χ1) is 15.7. The van der Waals surface area contributed by atoms with Gasteiger partial charge in [0.15, 0.2) is 5.16 Å². The van der Waals surface area contributed by atoms with Crippen molar-refractivity contribution in [2.45, 2.75) is 17.0 Å². The van der Waals surface area contributed by atoms with E-state index in [1.54, 1.807) is 30.3 Å². The van der Waals surface area contributed by atoms with Crippen LogP contribution < -0.4 is 16.0 Å². The molecule has 0 aliphatic rings. The van der Waals surface area contributed by atoms with Crippen LogP contribution in [-0.2, 0) is 14.8 Å². The molecule has 3 aromatic carbocycles. The Morgan fingerprint density at radius 1 is 1.06 bits per heavy atom. The minimum absolute atomic E-state index is 0.0454. The molecule has 3 N–H and O–H groups in total. The molecular formula is C23H20N4O4S2. The molecular weight excluding hydrogens is 460 g/mol. The number of fused-ring (bicyclic) bond motifs is 1. The number of rotatable bonds is 6. The minimum Gasteiger partial charge on any atom is -0.325 e. The van der Waals surface area contributed by atoms with E-state index in [2.05, 4.69) is 10.3 Å². The molecule has 0 radical (unpaired) electrons. The van der Waals surface area contributed by atoms with Crippen LogP contribution in [0.1, 0.15) is 5.56 Å². The molecule has 0 spiro atoms. The predicted molar refractivity (Wildman–Crippen MR) is 129 cm³/mol. The molecule has 1 amide bonds. The Morgan fingerprint density at radius 3 is 2.52 bits per heavy atom. The van der Waals surface area contributed by atoms with Crippen LogP contribution in [-0.4, -0.2) is 29.6 Å². The van der Waals surface area contributed by atoms with Gasteiger partial charge in [-0.25, -0.2) is 18.5 Å². The molecule has 1 heterocycles. The second-order valence-corrected chi connectivity index (χ2v) is 9.80. The maximum atomic E-state index is 13.2. The Hall–Kier alpha value is -3.47.